The first-order valence-electron chi connectivity index (χ1n) is 6.04. The summed E-state index contributed by atoms with van der Waals surface area (Å²) < 4.78 is 2.58. The van der Waals surface area contributed by atoms with E-state index >= 15 is 0 Å². The second-order valence-corrected chi connectivity index (χ2v) is 6.45. The van der Waals surface area contributed by atoms with Gasteiger partial charge in [-0.15, -0.1) is 0 Å². The summed E-state index contributed by atoms with van der Waals surface area (Å²) in [5, 5.41) is 0. The highest BCUT2D eigenvalue weighted by Crippen LogP contribution is 2.15. The number of rotatable bonds is 3. The van der Waals surface area contributed by atoms with Crippen molar-refractivity contribution >= 4 is 37.6 Å². The maximum Gasteiger partial charge on any atom is 0.265 e. The Bertz CT molecular complexity index is 735. The number of benzene rings is 1. The van der Waals surface area contributed by atoms with Crippen molar-refractivity contribution in [3.05, 3.63) is 66.5 Å². The Morgan fingerprint density at radius 1 is 1.20 bits per heavy atom. The third kappa shape index (κ3) is 3.27. The van der Waals surface area contributed by atoms with Crippen LogP contribution in [-0.4, -0.2) is 10.4 Å². The molecular weight excluding hydrogens is 386 g/mol. The van der Waals surface area contributed by atoms with Crippen LogP contribution >= 0.6 is 31.9 Å². The van der Waals surface area contributed by atoms with Gasteiger partial charge >= 0.3 is 0 Å². The number of carbonyl (C=O) groups excluding carboxylic acids is 1. The number of nitrogens with zero attached hydrogens (tertiary/aromatic N) is 1. The quantitative estimate of drug-likeness (QED) is 0.736. The van der Waals surface area contributed by atoms with Crippen LogP contribution in [0.25, 0.3) is 0 Å². The molecule has 0 saturated heterocycles. The van der Waals surface area contributed by atoms with Crippen LogP contribution in [0.4, 0.5) is 0 Å². The molecule has 104 valence electrons. The number of hydrogen-bond donors (Lipinski definition) is 0. The van der Waals surface area contributed by atoms with Crippen LogP contribution in [0.3, 0.4) is 0 Å². The Balaban J connectivity index is 2.38. The molecule has 0 fully saturated rings. The van der Waals surface area contributed by atoms with Crippen LogP contribution in [0.1, 0.15) is 21.5 Å². The zero-order valence-electron chi connectivity index (χ0n) is 11.1. The van der Waals surface area contributed by atoms with Gasteiger partial charge in [-0.05, 0) is 63.4 Å². The molecule has 0 bridgehead atoms. The molecule has 0 amide bonds. The summed E-state index contributed by atoms with van der Waals surface area (Å²) in [4.78, 5) is 24.4. The first kappa shape index (κ1) is 15.2. The molecule has 1 aromatic heterocycles. The molecule has 0 radical (unpaired) electrons. The van der Waals surface area contributed by atoms with Crippen molar-refractivity contribution in [3.8, 4) is 0 Å². The zero-order chi connectivity index (χ0) is 14.9. The van der Waals surface area contributed by atoms with Crippen LogP contribution in [0.5, 0.6) is 0 Å². The zero-order valence-corrected chi connectivity index (χ0v) is 14.3. The molecule has 0 spiro atoms. The van der Waals surface area contributed by atoms with Crippen molar-refractivity contribution in [1.29, 1.82) is 0 Å². The summed E-state index contributed by atoms with van der Waals surface area (Å²) in [5.41, 5.74) is 2.39. The summed E-state index contributed by atoms with van der Waals surface area (Å²) in [5.74, 6) is -0.0710. The molecule has 0 atom stereocenters. The van der Waals surface area contributed by atoms with Gasteiger partial charge in [0.2, 0.25) is 0 Å². The Morgan fingerprint density at radius 2 is 1.90 bits per heavy atom. The predicted octanol–water partition coefficient (Wildman–Crippen LogP) is 3.87. The first-order valence-corrected chi connectivity index (χ1v) is 7.63. The lowest BCUT2D eigenvalue weighted by Gasteiger charge is -2.09. The molecule has 0 unspecified atom stereocenters. The van der Waals surface area contributed by atoms with Crippen LogP contribution < -0.4 is 5.56 Å². The summed E-state index contributed by atoms with van der Waals surface area (Å²) >= 11 is 6.51. The van der Waals surface area contributed by atoms with Crippen LogP contribution in [0, 0.1) is 13.8 Å². The van der Waals surface area contributed by atoms with Gasteiger partial charge in [0.25, 0.3) is 5.56 Å². The molecule has 0 saturated carbocycles. The molecule has 2 rings (SSSR count). The van der Waals surface area contributed by atoms with E-state index < -0.39 is 0 Å². The van der Waals surface area contributed by atoms with E-state index in [4.69, 9.17) is 0 Å². The van der Waals surface area contributed by atoms with E-state index in [0.29, 0.717) is 10.0 Å². The summed E-state index contributed by atoms with van der Waals surface area (Å²) in [6.45, 7) is 3.87. The van der Waals surface area contributed by atoms with Gasteiger partial charge in [0, 0.05) is 16.2 Å². The molecule has 0 N–H and O–H groups in total. The second kappa shape index (κ2) is 6.06. The van der Waals surface area contributed by atoms with Crippen LogP contribution in [0.15, 0.2) is 44.2 Å². The van der Waals surface area contributed by atoms with Gasteiger partial charge in [-0.25, -0.2) is 0 Å². The molecule has 0 aliphatic rings. The number of ketones is 1. The summed E-state index contributed by atoms with van der Waals surface area (Å²) in [7, 11) is 0. The van der Waals surface area contributed by atoms with Crippen molar-refractivity contribution in [2.24, 2.45) is 0 Å². The lowest BCUT2D eigenvalue weighted by Crippen LogP contribution is -2.24. The highest BCUT2D eigenvalue weighted by atomic mass is 79.9. The molecular formula is C15H13Br2NO2. The van der Waals surface area contributed by atoms with Crippen molar-refractivity contribution in [2.75, 3.05) is 0 Å². The average molecular weight is 399 g/mol. The van der Waals surface area contributed by atoms with E-state index in [1.807, 2.05) is 32.0 Å². The molecule has 3 nitrogen and oxygen atoms in total. The van der Waals surface area contributed by atoms with Gasteiger partial charge in [-0.2, -0.15) is 0 Å². The van der Waals surface area contributed by atoms with Crippen molar-refractivity contribution < 1.29 is 4.79 Å². The van der Waals surface area contributed by atoms with E-state index in [2.05, 4.69) is 31.9 Å². The minimum atomic E-state index is -0.216. The van der Waals surface area contributed by atoms with Gasteiger partial charge in [-0.1, -0.05) is 17.7 Å². The average Bonchev–Trinajstić information content (AvgIpc) is 2.38. The molecule has 20 heavy (non-hydrogen) atoms. The van der Waals surface area contributed by atoms with Gasteiger partial charge < -0.3 is 4.57 Å². The van der Waals surface area contributed by atoms with Crippen molar-refractivity contribution in [2.45, 2.75) is 20.4 Å². The lowest BCUT2D eigenvalue weighted by molar-refractivity contribution is 0.0970. The number of hydrogen-bond acceptors (Lipinski definition) is 2. The van der Waals surface area contributed by atoms with Crippen molar-refractivity contribution in [1.82, 2.24) is 4.57 Å². The van der Waals surface area contributed by atoms with Crippen LogP contribution in [0.2, 0.25) is 0 Å². The molecule has 0 aliphatic carbocycles. The van der Waals surface area contributed by atoms with Crippen molar-refractivity contribution in [3.63, 3.8) is 0 Å². The Labute approximate surface area is 133 Å². The van der Waals surface area contributed by atoms with Crippen LogP contribution in [-0.2, 0) is 6.54 Å². The highest BCUT2D eigenvalue weighted by molar-refractivity contribution is 9.11. The topological polar surface area (TPSA) is 39.1 Å². The number of carbonyl (C=O) groups is 1. The lowest BCUT2D eigenvalue weighted by atomic mass is 10.0. The van der Waals surface area contributed by atoms with E-state index in [9.17, 15) is 9.59 Å². The largest absolute Gasteiger partial charge is 0.306 e. The normalized spacial score (nSPS) is 10.6. The fraction of sp³-hybridized carbons (Fsp3) is 0.200. The van der Waals surface area contributed by atoms with E-state index in [1.54, 1.807) is 12.3 Å². The number of aryl methyl sites for hydroxylation is 2. The Morgan fingerprint density at radius 3 is 2.60 bits per heavy atom. The number of halogens is 2. The number of aromatic nitrogens is 1. The minimum absolute atomic E-state index is 0.0289. The SMILES string of the molecule is Cc1ccc(C)c(C(=O)Cn2cc(Br)cc(Br)c2=O)c1. The Kier molecular flexibility index (Phi) is 4.60. The number of Topliss-reactive ketones (excluding diaryl/α,β-unsaturated/α-hetero) is 1. The molecule has 2 aromatic rings. The van der Waals surface area contributed by atoms with E-state index in [-0.39, 0.29) is 17.9 Å². The molecule has 0 aliphatic heterocycles. The van der Waals surface area contributed by atoms with Gasteiger partial charge in [-0.3, -0.25) is 9.59 Å². The smallest absolute Gasteiger partial charge is 0.265 e. The third-order valence-electron chi connectivity index (χ3n) is 3.02. The van der Waals surface area contributed by atoms with Gasteiger partial charge in [0.05, 0.1) is 11.0 Å². The fourth-order valence-corrected chi connectivity index (χ4v) is 3.22. The van der Waals surface area contributed by atoms with Gasteiger partial charge in [0.15, 0.2) is 5.78 Å². The monoisotopic (exact) mass is 397 g/mol. The standard InChI is InChI=1S/C15H13Br2NO2/c1-9-3-4-10(2)12(5-9)14(19)8-18-7-11(16)6-13(17)15(18)20/h3-7H,8H2,1-2H3. The van der Waals surface area contributed by atoms with Gasteiger partial charge in [0.1, 0.15) is 0 Å². The predicted molar refractivity (Wildman–Crippen MR) is 86.3 cm³/mol. The minimum Gasteiger partial charge on any atom is -0.306 e. The highest BCUT2D eigenvalue weighted by Gasteiger charge is 2.12. The first-order chi connectivity index (χ1) is 9.38. The second-order valence-electron chi connectivity index (χ2n) is 4.68. The number of pyridine rings is 1. The summed E-state index contributed by atoms with van der Waals surface area (Å²) in [6, 6.07) is 7.41. The molecule has 1 aromatic carbocycles. The molecule has 1 heterocycles. The van der Waals surface area contributed by atoms with E-state index in [1.165, 1.54) is 4.57 Å². The molecule has 5 heteroatoms. The third-order valence-corrected chi connectivity index (χ3v) is 4.02. The van der Waals surface area contributed by atoms with E-state index in [0.717, 1.165) is 15.6 Å². The maximum atomic E-state index is 12.4. The fourth-order valence-electron chi connectivity index (χ4n) is 1.96. The summed E-state index contributed by atoms with van der Waals surface area (Å²) in [6.07, 6.45) is 1.62. The Hall–Kier alpha value is -1.20. The maximum absolute atomic E-state index is 12.4.